The lowest BCUT2D eigenvalue weighted by molar-refractivity contribution is -0.150. The van der Waals surface area contributed by atoms with Crippen LogP contribution in [0.3, 0.4) is 0 Å². The zero-order valence-electron chi connectivity index (χ0n) is 25.3. The van der Waals surface area contributed by atoms with Gasteiger partial charge >= 0.3 is 5.97 Å². The Hall–Kier alpha value is -4.27. The van der Waals surface area contributed by atoms with Crippen LogP contribution < -0.4 is 18.9 Å². The van der Waals surface area contributed by atoms with Gasteiger partial charge in [-0.15, -0.1) is 0 Å². The second-order valence-electron chi connectivity index (χ2n) is 10.3. The number of carbonyl (C=O) groups is 1. The van der Waals surface area contributed by atoms with Crippen LogP contribution in [0.15, 0.2) is 78.4 Å². The largest absolute Gasteiger partial charge is 0.497 e. The molecule has 0 aliphatic heterocycles. The van der Waals surface area contributed by atoms with Gasteiger partial charge in [0.1, 0.15) is 28.6 Å². The van der Waals surface area contributed by atoms with Crippen molar-refractivity contribution in [1.82, 2.24) is 0 Å². The second-order valence-corrected chi connectivity index (χ2v) is 10.3. The molecule has 0 fully saturated rings. The molecule has 0 saturated carbocycles. The Morgan fingerprint density at radius 2 is 1.40 bits per heavy atom. The van der Waals surface area contributed by atoms with Gasteiger partial charge in [-0.1, -0.05) is 48.6 Å². The van der Waals surface area contributed by atoms with E-state index in [2.05, 4.69) is 0 Å². The molecule has 1 unspecified atom stereocenters. The van der Waals surface area contributed by atoms with Gasteiger partial charge in [0.05, 0.1) is 14.2 Å². The Balaban J connectivity index is 2.27. The van der Waals surface area contributed by atoms with Crippen LogP contribution in [0.5, 0.6) is 23.0 Å². The number of benzene rings is 3. The van der Waals surface area contributed by atoms with Gasteiger partial charge in [0.15, 0.2) is 13.6 Å². The molecule has 0 aliphatic carbocycles. The first kappa shape index (κ1) is 32.2. The molecule has 0 N–H and O–H groups in total. The molecule has 3 rings (SSSR count). The number of rotatable bonds is 14. The first-order valence-corrected chi connectivity index (χ1v) is 13.5. The van der Waals surface area contributed by atoms with Gasteiger partial charge < -0.3 is 33.2 Å². The van der Waals surface area contributed by atoms with Crippen molar-refractivity contribution in [2.24, 2.45) is 0 Å². The Morgan fingerprint density at radius 3 is 2.02 bits per heavy atom. The molecular formula is C34H40O8. The Kier molecular flexibility index (Phi) is 12.0. The van der Waals surface area contributed by atoms with Crippen molar-refractivity contribution in [2.45, 2.75) is 32.3 Å². The predicted molar refractivity (Wildman–Crippen MR) is 163 cm³/mol. The number of esters is 1. The second kappa shape index (κ2) is 15.7. The lowest BCUT2D eigenvalue weighted by atomic mass is 9.87. The normalized spacial score (nSPS) is 12.6. The number of hydrogen-bond acceptors (Lipinski definition) is 8. The summed E-state index contributed by atoms with van der Waals surface area (Å²) in [5.74, 6) is 1.32. The van der Waals surface area contributed by atoms with Crippen molar-refractivity contribution >= 4 is 18.1 Å². The topological polar surface area (TPSA) is 81.7 Å². The molecule has 8 heteroatoms. The van der Waals surface area contributed by atoms with E-state index >= 15 is 0 Å². The number of para-hydroxylation sites is 1. The van der Waals surface area contributed by atoms with Crippen LogP contribution in [0.4, 0.5) is 0 Å². The van der Waals surface area contributed by atoms with Crippen LogP contribution in [-0.2, 0) is 19.0 Å². The van der Waals surface area contributed by atoms with E-state index < -0.39 is 17.5 Å². The van der Waals surface area contributed by atoms with E-state index in [1.54, 1.807) is 40.6 Å². The van der Waals surface area contributed by atoms with E-state index in [9.17, 15) is 4.79 Å². The van der Waals surface area contributed by atoms with Crippen LogP contribution in [0.25, 0.3) is 12.2 Å². The van der Waals surface area contributed by atoms with Gasteiger partial charge in [-0.05, 0) is 56.7 Å². The fraction of sp³-hybridized carbons (Fsp3) is 0.324. The highest BCUT2D eigenvalue weighted by molar-refractivity contribution is 5.97. The lowest BCUT2D eigenvalue weighted by Gasteiger charge is -2.25. The molecule has 1 atom stereocenters. The summed E-state index contributed by atoms with van der Waals surface area (Å²) in [5.41, 5.74) is 1.95. The molecule has 0 aliphatic rings. The van der Waals surface area contributed by atoms with Gasteiger partial charge in [0.2, 0.25) is 0 Å². The molecule has 3 aromatic rings. The minimum atomic E-state index is -0.734. The van der Waals surface area contributed by atoms with E-state index in [1.807, 2.05) is 93.6 Å². The number of hydrogen-bond donors (Lipinski definition) is 0. The van der Waals surface area contributed by atoms with E-state index in [4.69, 9.17) is 33.2 Å². The summed E-state index contributed by atoms with van der Waals surface area (Å²) in [7, 11) is 6.30. The molecule has 0 saturated heterocycles. The van der Waals surface area contributed by atoms with Crippen LogP contribution >= 0.6 is 0 Å². The number of carbonyl (C=O) groups excluding carboxylic acids is 1. The fourth-order valence-electron chi connectivity index (χ4n) is 4.08. The van der Waals surface area contributed by atoms with Crippen LogP contribution in [-0.4, -0.2) is 53.6 Å². The summed E-state index contributed by atoms with van der Waals surface area (Å²) in [6.45, 7) is 5.57. The summed E-state index contributed by atoms with van der Waals surface area (Å²) < 4.78 is 38.8. The molecule has 0 aromatic heterocycles. The number of ether oxygens (including phenoxy) is 7. The highest BCUT2D eigenvalue weighted by Crippen LogP contribution is 2.39. The van der Waals surface area contributed by atoms with E-state index in [0.29, 0.717) is 33.9 Å². The van der Waals surface area contributed by atoms with Gasteiger partial charge in [-0.25, -0.2) is 4.79 Å². The molecule has 0 heterocycles. The molecule has 0 radical (unpaired) electrons. The third kappa shape index (κ3) is 9.39. The summed E-state index contributed by atoms with van der Waals surface area (Å²) in [6.07, 6.45) is 5.67. The number of allylic oxidation sites excluding steroid dienone is 1. The van der Waals surface area contributed by atoms with Crippen molar-refractivity contribution in [3.8, 4) is 23.0 Å². The quantitative estimate of drug-likeness (QED) is 0.117. The van der Waals surface area contributed by atoms with Crippen LogP contribution in [0.1, 0.15) is 43.4 Å². The van der Waals surface area contributed by atoms with Gasteiger partial charge in [0.25, 0.3) is 0 Å². The summed E-state index contributed by atoms with van der Waals surface area (Å²) in [4.78, 5) is 14.0. The van der Waals surface area contributed by atoms with Gasteiger partial charge in [0, 0.05) is 42.9 Å². The minimum absolute atomic E-state index is 0.00819. The van der Waals surface area contributed by atoms with Gasteiger partial charge in [-0.3, -0.25) is 0 Å². The van der Waals surface area contributed by atoms with Gasteiger partial charge in [-0.2, -0.15) is 0 Å². The van der Waals surface area contributed by atoms with E-state index in [-0.39, 0.29) is 13.6 Å². The summed E-state index contributed by atoms with van der Waals surface area (Å²) in [6, 6.07) is 20.5. The maximum atomic E-state index is 14.0. The summed E-state index contributed by atoms with van der Waals surface area (Å²) >= 11 is 0. The van der Waals surface area contributed by atoms with Crippen molar-refractivity contribution in [3.63, 3.8) is 0 Å². The molecular weight excluding hydrogens is 536 g/mol. The SMILES string of the molecule is COCOc1ccccc1/C=C(/C(=O)OC(C)(C)C)C(/C=C/c1ccc(OC)cc1)c1ccc(OC)cc1OCOC. The first-order chi connectivity index (χ1) is 20.2. The monoisotopic (exact) mass is 576 g/mol. The van der Waals surface area contributed by atoms with Crippen molar-refractivity contribution in [3.05, 3.63) is 95.1 Å². The summed E-state index contributed by atoms with van der Waals surface area (Å²) in [5, 5.41) is 0. The Bertz CT molecular complexity index is 1350. The Morgan fingerprint density at radius 1 is 0.786 bits per heavy atom. The highest BCUT2D eigenvalue weighted by atomic mass is 16.7. The molecule has 42 heavy (non-hydrogen) atoms. The average Bonchev–Trinajstić information content (AvgIpc) is 2.98. The maximum Gasteiger partial charge on any atom is 0.335 e. The molecule has 0 amide bonds. The van der Waals surface area contributed by atoms with Crippen LogP contribution in [0, 0.1) is 0 Å². The molecule has 3 aromatic carbocycles. The third-order valence-electron chi connectivity index (χ3n) is 6.02. The van der Waals surface area contributed by atoms with Crippen LogP contribution in [0.2, 0.25) is 0 Å². The lowest BCUT2D eigenvalue weighted by Crippen LogP contribution is -2.26. The van der Waals surface area contributed by atoms with Crippen molar-refractivity contribution in [2.75, 3.05) is 42.0 Å². The zero-order valence-corrected chi connectivity index (χ0v) is 25.3. The smallest absolute Gasteiger partial charge is 0.335 e. The molecule has 0 bridgehead atoms. The van der Waals surface area contributed by atoms with Crippen molar-refractivity contribution < 1.29 is 38.0 Å². The fourth-order valence-corrected chi connectivity index (χ4v) is 4.08. The molecule has 224 valence electrons. The van der Waals surface area contributed by atoms with E-state index in [0.717, 1.165) is 11.3 Å². The Labute approximate surface area is 248 Å². The minimum Gasteiger partial charge on any atom is -0.497 e. The zero-order chi connectivity index (χ0) is 30.5. The molecule has 8 nitrogen and oxygen atoms in total. The molecule has 0 spiro atoms. The standard InChI is InChI=1S/C34H40O8/c1-34(2,3)42-33(35)30(20-25-10-8-9-11-31(25)40-22-36-4)28(18-14-24-12-15-26(38-6)16-13-24)29-19-17-27(39-7)21-32(29)41-23-37-5/h8-21,28H,22-23H2,1-7H3/b18-14+,30-20+. The third-order valence-corrected chi connectivity index (χ3v) is 6.02. The first-order valence-electron chi connectivity index (χ1n) is 13.5. The predicted octanol–water partition coefficient (Wildman–Crippen LogP) is 6.89. The van der Waals surface area contributed by atoms with Crippen molar-refractivity contribution in [1.29, 1.82) is 0 Å². The maximum absolute atomic E-state index is 14.0. The average molecular weight is 577 g/mol. The van der Waals surface area contributed by atoms with E-state index in [1.165, 1.54) is 0 Å². The highest BCUT2D eigenvalue weighted by Gasteiger charge is 2.29. The number of methoxy groups -OCH3 is 4.